The van der Waals surface area contributed by atoms with E-state index in [0.717, 1.165) is 38.5 Å². The second-order valence-corrected chi connectivity index (χ2v) is 11.3. The maximum atomic E-state index is 12.1. The van der Waals surface area contributed by atoms with Crippen LogP contribution in [0.1, 0.15) is 155 Å². The van der Waals surface area contributed by atoms with Crippen LogP contribution in [0.15, 0.2) is 48.6 Å². The smallest absolute Gasteiger partial charge is 0.306 e. The summed E-state index contributed by atoms with van der Waals surface area (Å²) in [6, 6.07) is 0. The largest absolute Gasteiger partial charge is 0.462 e. The first-order chi connectivity index (χ1) is 20.6. The minimum atomic E-state index is -0.798. The third kappa shape index (κ3) is 30.8. The summed E-state index contributed by atoms with van der Waals surface area (Å²) in [5, 5.41) is 9.50. The lowest BCUT2D eigenvalue weighted by atomic mass is 10.1. The number of esters is 2. The topological polar surface area (TPSA) is 72.8 Å². The first-order valence-corrected chi connectivity index (χ1v) is 17.2. The van der Waals surface area contributed by atoms with Gasteiger partial charge in [0.25, 0.3) is 0 Å². The van der Waals surface area contributed by atoms with Gasteiger partial charge in [0.05, 0.1) is 6.61 Å². The lowest BCUT2D eigenvalue weighted by Gasteiger charge is -2.15. The van der Waals surface area contributed by atoms with Crippen molar-refractivity contribution in [2.45, 2.75) is 161 Å². The van der Waals surface area contributed by atoms with Gasteiger partial charge < -0.3 is 14.6 Å². The molecule has 0 amide bonds. The maximum absolute atomic E-state index is 12.1. The van der Waals surface area contributed by atoms with Gasteiger partial charge in [-0.2, -0.15) is 0 Å². The Morgan fingerprint density at radius 3 is 1.69 bits per heavy atom. The minimum Gasteiger partial charge on any atom is -0.462 e. The minimum absolute atomic E-state index is 0.102. The van der Waals surface area contributed by atoms with Crippen LogP contribution in [0, 0.1) is 0 Å². The van der Waals surface area contributed by atoms with E-state index in [0.29, 0.717) is 12.8 Å². The molecule has 0 aromatic rings. The van der Waals surface area contributed by atoms with Crippen molar-refractivity contribution < 1.29 is 24.2 Å². The summed E-state index contributed by atoms with van der Waals surface area (Å²) in [6.07, 6.45) is 40.3. The van der Waals surface area contributed by atoms with Gasteiger partial charge in [0.15, 0.2) is 6.10 Å². The van der Waals surface area contributed by atoms with E-state index in [4.69, 9.17) is 9.47 Å². The highest BCUT2D eigenvalue weighted by molar-refractivity contribution is 5.70. The molecule has 1 unspecified atom stereocenters. The number of rotatable bonds is 30. The Hall–Kier alpha value is -2.14. The molecule has 1 atom stereocenters. The Labute approximate surface area is 258 Å². The average molecular weight is 589 g/mol. The number of aliphatic hydroxyl groups is 1. The van der Waals surface area contributed by atoms with Gasteiger partial charge in [-0.25, -0.2) is 0 Å². The molecule has 0 bridgehead atoms. The van der Waals surface area contributed by atoms with Crippen LogP contribution in [-0.4, -0.2) is 36.4 Å². The molecule has 0 aliphatic heterocycles. The number of allylic oxidation sites excluding steroid dienone is 8. The molecule has 242 valence electrons. The number of unbranched alkanes of at least 4 members (excludes halogenated alkanes) is 15. The number of ether oxygens (including phenoxy) is 2. The van der Waals surface area contributed by atoms with Crippen molar-refractivity contribution in [3.63, 3.8) is 0 Å². The van der Waals surface area contributed by atoms with Crippen LogP contribution < -0.4 is 0 Å². The van der Waals surface area contributed by atoms with Crippen molar-refractivity contribution in [1.29, 1.82) is 0 Å². The number of carbonyl (C=O) groups is 2. The molecule has 0 aliphatic carbocycles. The summed E-state index contributed by atoms with van der Waals surface area (Å²) < 4.78 is 10.5. The summed E-state index contributed by atoms with van der Waals surface area (Å²) in [5.41, 5.74) is 0. The average Bonchev–Trinajstić information content (AvgIpc) is 2.99. The quantitative estimate of drug-likeness (QED) is 0.0391. The second kappa shape index (κ2) is 33.4. The predicted molar refractivity (Wildman–Crippen MR) is 177 cm³/mol. The number of carbonyl (C=O) groups excluding carboxylic acids is 2. The highest BCUT2D eigenvalue weighted by atomic mass is 16.6. The number of hydrogen-bond acceptors (Lipinski definition) is 5. The van der Waals surface area contributed by atoms with Crippen LogP contribution in [0.25, 0.3) is 0 Å². The van der Waals surface area contributed by atoms with E-state index in [9.17, 15) is 14.7 Å². The monoisotopic (exact) mass is 588 g/mol. The van der Waals surface area contributed by atoms with Crippen LogP contribution in [-0.2, 0) is 19.1 Å². The fourth-order valence-corrected chi connectivity index (χ4v) is 4.48. The molecule has 0 fully saturated rings. The Morgan fingerprint density at radius 2 is 1.07 bits per heavy atom. The van der Waals surface area contributed by atoms with Crippen LogP contribution in [0.2, 0.25) is 0 Å². The lowest BCUT2D eigenvalue weighted by Crippen LogP contribution is -2.28. The molecule has 0 spiro atoms. The van der Waals surface area contributed by atoms with Crippen LogP contribution in [0.5, 0.6) is 0 Å². The molecule has 0 aliphatic rings. The molecule has 0 radical (unpaired) electrons. The van der Waals surface area contributed by atoms with Crippen LogP contribution in [0.3, 0.4) is 0 Å². The van der Waals surface area contributed by atoms with Gasteiger partial charge in [0.1, 0.15) is 6.61 Å². The van der Waals surface area contributed by atoms with Crippen molar-refractivity contribution in [3.05, 3.63) is 48.6 Å². The van der Waals surface area contributed by atoms with E-state index in [2.05, 4.69) is 56.4 Å². The Bertz CT molecular complexity index is 722. The van der Waals surface area contributed by atoms with E-state index in [1.807, 2.05) is 6.08 Å². The zero-order valence-electron chi connectivity index (χ0n) is 27.2. The molecule has 0 rings (SSSR count). The molecule has 0 aromatic heterocycles. The fourth-order valence-electron chi connectivity index (χ4n) is 4.48. The van der Waals surface area contributed by atoms with Crippen molar-refractivity contribution in [2.75, 3.05) is 13.2 Å². The lowest BCUT2D eigenvalue weighted by molar-refractivity contribution is -0.161. The van der Waals surface area contributed by atoms with Crippen molar-refractivity contribution >= 4 is 11.9 Å². The van der Waals surface area contributed by atoms with Crippen molar-refractivity contribution in [1.82, 2.24) is 0 Å². The number of aliphatic hydroxyl groups excluding tert-OH is 1. The Balaban J connectivity index is 3.69. The molecule has 0 saturated carbocycles. The summed E-state index contributed by atoms with van der Waals surface area (Å²) >= 11 is 0. The standard InChI is InChI=1S/C37H64O5/c1-3-5-7-9-11-13-15-17-18-20-22-24-26-28-30-32-37(40)42-35(33-38)34-41-36(39)31-29-27-25-23-21-19-16-14-12-10-8-6-4-2/h11,13,15,17,19,21,25,27,35,38H,3-10,12,14,16,18,20,22-24,26,28-34H2,1-2H3/b13-11+,17-15+,21-19+,27-25+. The third-order valence-corrected chi connectivity index (χ3v) is 7.14. The Morgan fingerprint density at radius 1 is 0.571 bits per heavy atom. The molecule has 5 heteroatoms. The molecule has 42 heavy (non-hydrogen) atoms. The molecular formula is C37H64O5. The van der Waals surface area contributed by atoms with E-state index in [1.54, 1.807) is 0 Å². The molecular weight excluding hydrogens is 524 g/mol. The fraction of sp³-hybridized carbons (Fsp3) is 0.730. The maximum Gasteiger partial charge on any atom is 0.306 e. The van der Waals surface area contributed by atoms with Gasteiger partial charge in [0.2, 0.25) is 0 Å². The highest BCUT2D eigenvalue weighted by Gasteiger charge is 2.15. The highest BCUT2D eigenvalue weighted by Crippen LogP contribution is 2.11. The molecule has 1 N–H and O–H groups in total. The zero-order chi connectivity index (χ0) is 30.8. The summed E-state index contributed by atoms with van der Waals surface area (Å²) in [5.74, 6) is -0.687. The van der Waals surface area contributed by atoms with Gasteiger partial charge >= 0.3 is 11.9 Å². The SMILES string of the molecule is CCCCC/C=C/C=C/CCCCCCCCC(=O)OC(CO)COC(=O)CC/C=C/C/C=C/CCCCCCCC. The van der Waals surface area contributed by atoms with Gasteiger partial charge in [-0.15, -0.1) is 0 Å². The molecule has 5 nitrogen and oxygen atoms in total. The molecule has 0 saturated heterocycles. The van der Waals surface area contributed by atoms with Crippen molar-refractivity contribution in [3.8, 4) is 0 Å². The molecule has 0 aromatic carbocycles. The van der Waals surface area contributed by atoms with E-state index >= 15 is 0 Å². The van der Waals surface area contributed by atoms with Crippen LogP contribution >= 0.6 is 0 Å². The summed E-state index contributed by atoms with van der Waals surface area (Å²) in [4.78, 5) is 24.1. The van der Waals surface area contributed by atoms with Gasteiger partial charge in [-0.3, -0.25) is 9.59 Å². The summed E-state index contributed by atoms with van der Waals surface area (Å²) in [6.45, 7) is 4.01. The van der Waals surface area contributed by atoms with E-state index < -0.39 is 6.10 Å². The van der Waals surface area contributed by atoms with Gasteiger partial charge in [0, 0.05) is 12.8 Å². The Kier molecular flexibility index (Phi) is 31.7. The summed E-state index contributed by atoms with van der Waals surface area (Å²) in [7, 11) is 0. The third-order valence-electron chi connectivity index (χ3n) is 7.14. The van der Waals surface area contributed by atoms with Crippen molar-refractivity contribution in [2.24, 2.45) is 0 Å². The zero-order valence-corrected chi connectivity index (χ0v) is 27.2. The molecule has 0 heterocycles. The first-order valence-electron chi connectivity index (χ1n) is 17.2. The van der Waals surface area contributed by atoms with E-state index in [1.165, 1.54) is 83.5 Å². The van der Waals surface area contributed by atoms with Gasteiger partial charge in [-0.05, 0) is 57.8 Å². The van der Waals surface area contributed by atoms with E-state index in [-0.39, 0.29) is 31.6 Å². The first kappa shape index (κ1) is 39.9. The normalized spacial score (nSPS) is 12.7. The number of hydrogen-bond donors (Lipinski definition) is 1. The predicted octanol–water partition coefficient (Wildman–Crippen LogP) is 10.3. The van der Waals surface area contributed by atoms with Crippen LogP contribution in [0.4, 0.5) is 0 Å². The van der Waals surface area contributed by atoms with Gasteiger partial charge in [-0.1, -0.05) is 133 Å². The second-order valence-electron chi connectivity index (χ2n) is 11.3.